The van der Waals surface area contributed by atoms with Crippen LogP contribution in [0.3, 0.4) is 0 Å². The predicted octanol–water partition coefficient (Wildman–Crippen LogP) is 3.92. The Labute approximate surface area is 127 Å². The molecule has 0 unspecified atom stereocenters. The maximum atomic E-state index is 13.3. The molecule has 3 nitrogen and oxygen atoms in total. The molecule has 2 aromatic carbocycles. The third-order valence-corrected chi connectivity index (χ3v) is 3.24. The van der Waals surface area contributed by atoms with E-state index in [1.807, 2.05) is 0 Å². The highest BCUT2D eigenvalue weighted by atomic mass is 79.9. The number of carbonyl (C=O) groups excluding carboxylic acids is 1. The topological polar surface area (TPSA) is 41.1 Å². The Morgan fingerprint density at radius 2 is 1.71 bits per heavy atom. The van der Waals surface area contributed by atoms with Gasteiger partial charge in [0.1, 0.15) is 23.1 Å². The molecule has 0 bridgehead atoms. The van der Waals surface area contributed by atoms with Crippen molar-refractivity contribution in [3.05, 3.63) is 58.3 Å². The molecule has 2 rings (SSSR count). The number of carbonyl (C=O) groups is 1. The molecule has 0 saturated carbocycles. The molecule has 2 N–H and O–H groups in total. The van der Waals surface area contributed by atoms with Crippen LogP contribution in [-0.4, -0.2) is 12.5 Å². The van der Waals surface area contributed by atoms with Crippen molar-refractivity contribution in [2.75, 3.05) is 17.2 Å². The second kappa shape index (κ2) is 6.62. The third kappa shape index (κ3) is 3.98. The Bertz CT molecular complexity index is 659. The van der Waals surface area contributed by atoms with Crippen molar-refractivity contribution >= 4 is 33.2 Å². The van der Waals surface area contributed by atoms with Crippen LogP contribution in [-0.2, 0) is 4.79 Å². The van der Waals surface area contributed by atoms with E-state index < -0.39 is 29.0 Å². The Morgan fingerprint density at radius 3 is 2.33 bits per heavy atom. The van der Waals surface area contributed by atoms with Crippen LogP contribution in [0, 0.1) is 17.5 Å². The summed E-state index contributed by atoms with van der Waals surface area (Å²) in [4.78, 5) is 11.6. The highest BCUT2D eigenvalue weighted by molar-refractivity contribution is 9.10. The third-order valence-electron chi connectivity index (χ3n) is 2.60. The molecular formula is C14H10BrF3N2O. The molecule has 0 saturated heterocycles. The van der Waals surface area contributed by atoms with Crippen LogP contribution in [0.1, 0.15) is 0 Å². The zero-order valence-corrected chi connectivity index (χ0v) is 12.2. The molecule has 1 amide bonds. The summed E-state index contributed by atoms with van der Waals surface area (Å²) in [5, 5.41) is 4.77. The van der Waals surface area contributed by atoms with Gasteiger partial charge in [-0.05, 0) is 46.3 Å². The van der Waals surface area contributed by atoms with Crippen LogP contribution < -0.4 is 10.6 Å². The minimum atomic E-state index is -0.863. The van der Waals surface area contributed by atoms with E-state index in [2.05, 4.69) is 26.6 Å². The van der Waals surface area contributed by atoms with Crippen molar-refractivity contribution in [3.63, 3.8) is 0 Å². The van der Waals surface area contributed by atoms with Gasteiger partial charge in [0, 0.05) is 5.69 Å². The number of hydrogen-bond acceptors (Lipinski definition) is 2. The number of hydrogen-bond donors (Lipinski definition) is 2. The fourth-order valence-electron chi connectivity index (χ4n) is 1.59. The second-order valence-electron chi connectivity index (χ2n) is 4.13. The minimum absolute atomic E-state index is 0.255. The van der Waals surface area contributed by atoms with Crippen LogP contribution >= 0.6 is 15.9 Å². The molecule has 2 aromatic rings. The first-order valence-electron chi connectivity index (χ1n) is 5.90. The minimum Gasteiger partial charge on any atom is -0.376 e. The fourth-order valence-corrected chi connectivity index (χ4v) is 1.84. The zero-order chi connectivity index (χ0) is 15.4. The molecule has 0 fully saturated rings. The summed E-state index contributed by atoms with van der Waals surface area (Å²) in [6, 6.07) is 7.51. The molecule has 110 valence electrons. The Morgan fingerprint density at radius 1 is 1.05 bits per heavy atom. The fraction of sp³-hybridized carbons (Fsp3) is 0.0714. The Hall–Kier alpha value is -2.02. The average Bonchev–Trinajstić information content (AvgIpc) is 2.44. The largest absolute Gasteiger partial charge is 0.376 e. The molecule has 0 heterocycles. The summed E-state index contributed by atoms with van der Waals surface area (Å²) < 4.78 is 40.2. The number of nitrogens with one attached hydrogen (secondary N) is 2. The molecule has 21 heavy (non-hydrogen) atoms. The zero-order valence-electron chi connectivity index (χ0n) is 10.6. The van der Waals surface area contributed by atoms with E-state index in [1.165, 1.54) is 18.2 Å². The molecule has 0 aliphatic carbocycles. The number of benzene rings is 2. The van der Waals surface area contributed by atoms with Crippen molar-refractivity contribution in [3.8, 4) is 0 Å². The van der Waals surface area contributed by atoms with Gasteiger partial charge in [-0.3, -0.25) is 4.79 Å². The first-order valence-corrected chi connectivity index (χ1v) is 6.69. The molecule has 0 spiro atoms. The molecule has 0 radical (unpaired) electrons. The van der Waals surface area contributed by atoms with Gasteiger partial charge in [0.25, 0.3) is 0 Å². The van der Waals surface area contributed by atoms with E-state index >= 15 is 0 Å². The number of para-hydroxylation sites is 1. The van der Waals surface area contributed by atoms with E-state index in [-0.39, 0.29) is 6.54 Å². The van der Waals surface area contributed by atoms with Crippen molar-refractivity contribution in [1.82, 2.24) is 0 Å². The SMILES string of the molecule is O=C(CNc1ccc(Br)c(F)c1)Nc1c(F)cccc1F. The van der Waals surface area contributed by atoms with E-state index in [4.69, 9.17) is 0 Å². The summed E-state index contributed by atoms with van der Waals surface area (Å²) >= 11 is 3.00. The smallest absolute Gasteiger partial charge is 0.243 e. The maximum absolute atomic E-state index is 13.3. The highest BCUT2D eigenvalue weighted by Crippen LogP contribution is 2.20. The molecule has 0 aliphatic rings. The van der Waals surface area contributed by atoms with Gasteiger partial charge < -0.3 is 10.6 Å². The summed E-state index contributed by atoms with van der Waals surface area (Å²) in [7, 11) is 0. The second-order valence-corrected chi connectivity index (χ2v) is 4.98. The van der Waals surface area contributed by atoms with Gasteiger partial charge in [-0.15, -0.1) is 0 Å². The number of amides is 1. The van der Waals surface area contributed by atoms with Gasteiger partial charge in [-0.1, -0.05) is 6.07 Å². The van der Waals surface area contributed by atoms with Crippen LogP contribution in [0.2, 0.25) is 0 Å². The standard InChI is InChI=1S/C14H10BrF3N2O/c15-9-5-4-8(6-12(9)18)19-7-13(21)20-14-10(16)2-1-3-11(14)17/h1-6,19H,7H2,(H,20,21). The Balaban J connectivity index is 1.97. The molecule has 0 aliphatic heterocycles. The molecule has 0 aromatic heterocycles. The lowest BCUT2D eigenvalue weighted by molar-refractivity contribution is -0.114. The Kier molecular flexibility index (Phi) is 4.85. The lowest BCUT2D eigenvalue weighted by atomic mass is 10.3. The molecular weight excluding hydrogens is 349 g/mol. The predicted molar refractivity (Wildman–Crippen MR) is 77.6 cm³/mol. The van der Waals surface area contributed by atoms with Crippen molar-refractivity contribution < 1.29 is 18.0 Å². The van der Waals surface area contributed by atoms with Crippen LogP contribution in [0.25, 0.3) is 0 Å². The van der Waals surface area contributed by atoms with Crippen LogP contribution in [0.5, 0.6) is 0 Å². The summed E-state index contributed by atoms with van der Waals surface area (Å²) in [5.41, 5.74) is -0.133. The van der Waals surface area contributed by atoms with Crippen molar-refractivity contribution in [1.29, 1.82) is 0 Å². The average molecular weight is 359 g/mol. The lowest BCUT2D eigenvalue weighted by Crippen LogP contribution is -2.23. The normalized spacial score (nSPS) is 10.3. The lowest BCUT2D eigenvalue weighted by Gasteiger charge is -2.09. The van der Waals surface area contributed by atoms with Gasteiger partial charge in [-0.2, -0.15) is 0 Å². The first-order chi connectivity index (χ1) is 9.97. The number of halogens is 4. The van der Waals surface area contributed by atoms with Gasteiger partial charge >= 0.3 is 0 Å². The highest BCUT2D eigenvalue weighted by Gasteiger charge is 2.11. The van der Waals surface area contributed by atoms with Crippen molar-refractivity contribution in [2.45, 2.75) is 0 Å². The molecule has 0 atom stereocenters. The van der Waals surface area contributed by atoms with Crippen LogP contribution in [0.4, 0.5) is 24.5 Å². The monoisotopic (exact) mass is 358 g/mol. The summed E-state index contributed by atoms with van der Waals surface area (Å²) in [6.45, 7) is -0.255. The van der Waals surface area contributed by atoms with Gasteiger partial charge in [-0.25, -0.2) is 13.2 Å². The van der Waals surface area contributed by atoms with Crippen LogP contribution in [0.15, 0.2) is 40.9 Å². The van der Waals surface area contributed by atoms with E-state index in [0.29, 0.717) is 10.2 Å². The van der Waals surface area contributed by atoms with E-state index in [1.54, 1.807) is 6.07 Å². The van der Waals surface area contributed by atoms with Gasteiger partial charge in [0.15, 0.2) is 0 Å². The quantitative estimate of drug-likeness (QED) is 0.869. The summed E-state index contributed by atoms with van der Waals surface area (Å²) in [6.07, 6.45) is 0. The molecule has 7 heteroatoms. The van der Waals surface area contributed by atoms with Gasteiger partial charge in [0.2, 0.25) is 5.91 Å². The van der Waals surface area contributed by atoms with Gasteiger partial charge in [0.05, 0.1) is 11.0 Å². The number of rotatable bonds is 4. The summed E-state index contributed by atoms with van der Waals surface area (Å²) in [5.74, 6) is -2.86. The first kappa shape index (κ1) is 15.4. The van der Waals surface area contributed by atoms with E-state index in [9.17, 15) is 18.0 Å². The maximum Gasteiger partial charge on any atom is 0.243 e. The van der Waals surface area contributed by atoms with Crippen molar-refractivity contribution in [2.24, 2.45) is 0 Å². The number of anilines is 2. The van der Waals surface area contributed by atoms with E-state index in [0.717, 1.165) is 12.1 Å².